The molecule has 152 valence electrons. The van der Waals surface area contributed by atoms with Gasteiger partial charge in [0.1, 0.15) is 17.9 Å². The molecule has 0 fully saturated rings. The summed E-state index contributed by atoms with van der Waals surface area (Å²) < 4.78 is 42.1. The molecule has 0 aliphatic rings. The van der Waals surface area contributed by atoms with E-state index in [9.17, 15) is 22.8 Å². The number of halogens is 2. The number of hydrogen-bond acceptors (Lipinski definition) is 6. The van der Waals surface area contributed by atoms with E-state index < -0.39 is 21.7 Å². The van der Waals surface area contributed by atoms with Crippen molar-refractivity contribution < 1.29 is 27.2 Å². The SMILES string of the molecule is CN(O)C(=O)Cc1nc(-c2ccc(F)c(Cl)c2)c(-c2ccc(S(N)(=O)=O)cc2)o1. The summed E-state index contributed by atoms with van der Waals surface area (Å²) in [5.74, 6) is -1.07. The monoisotopic (exact) mass is 439 g/mol. The molecule has 11 heteroatoms. The number of primary sulfonamides is 1. The summed E-state index contributed by atoms with van der Waals surface area (Å²) in [7, 11) is -2.71. The smallest absolute Gasteiger partial charge is 0.254 e. The molecule has 1 amide bonds. The second-order valence-electron chi connectivity index (χ2n) is 6.08. The third kappa shape index (κ3) is 4.62. The number of carbonyl (C=O) groups excluding carboxylic acids is 1. The van der Waals surface area contributed by atoms with Gasteiger partial charge < -0.3 is 4.42 Å². The van der Waals surface area contributed by atoms with Crippen molar-refractivity contribution in [1.29, 1.82) is 0 Å². The predicted octanol–water partition coefficient (Wildman–Crippen LogP) is 2.84. The molecule has 3 N–H and O–H groups in total. The Kier molecular flexibility index (Phi) is 5.71. The van der Waals surface area contributed by atoms with Gasteiger partial charge in [0.05, 0.1) is 9.92 Å². The molecular formula is C18H15ClFN3O5S. The third-order valence-corrected chi connectivity index (χ3v) is 5.19. The Morgan fingerprint density at radius 2 is 1.86 bits per heavy atom. The molecule has 0 spiro atoms. The lowest BCUT2D eigenvalue weighted by Crippen LogP contribution is -2.24. The summed E-state index contributed by atoms with van der Waals surface area (Å²) in [6, 6.07) is 9.44. The zero-order valence-electron chi connectivity index (χ0n) is 15.0. The van der Waals surface area contributed by atoms with Crippen molar-refractivity contribution in [3.05, 3.63) is 59.2 Å². The first kappa shape index (κ1) is 20.9. The number of amides is 1. The molecule has 3 rings (SSSR count). The van der Waals surface area contributed by atoms with Gasteiger partial charge in [-0.05, 0) is 42.5 Å². The normalized spacial score (nSPS) is 11.5. The third-order valence-electron chi connectivity index (χ3n) is 3.97. The van der Waals surface area contributed by atoms with E-state index in [0.717, 1.165) is 6.07 Å². The summed E-state index contributed by atoms with van der Waals surface area (Å²) in [6.45, 7) is 0. The Hall–Kier alpha value is -2.79. The van der Waals surface area contributed by atoms with E-state index >= 15 is 0 Å². The Morgan fingerprint density at radius 1 is 1.24 bits per heavy atom. The zero-order valence-corrected chi connectivity index (χ0v) is 16.5. The molecule has 0 atom stereocenters. The number of sulfonamides is 1. The maximum atomic E-state index is 13.5. The minimum Gasteiger partial charge on any atom is -0.439 e. The Bertz CT molecular complexity index is 1180. The van der Waals surface area contributed by atoms with Crippen molar-refractivity contribution in [3.63, 3.8) is 0 Å². The van der Waals surface area contributed by atoms with Crippen LogP contribution in [0.2, 0.25) is 5.02 Å². The first-order valence-electron chi connectivity index (χ1n) is 8.10. The van der Waals surface area contributed by atoms with Crippen LogP contribution < -0.4 is 5.14 Å². The van der Waals surface area contributed by atoms with E-state index in [0.29, 0.717) is 16.2 Å². The van der Waals surface area contributed by atoms with Gasteiger partial charge in [0.15, 0.2) is 5.76 Å². The number of nitrogens with two attached hydrogens (primary N) is 1. The number of aromatic nitrogens is 1. The van der Waals surface area contributed by atoms with Crippen LogP contribution in [0.3, 0.4) is 0 Å². The molecule has 2 aromatic carbocycles. The largest absolute Gasteiger partial charge is 0.439 e. The highest BCUT2D eigenvalue weighted by atomic mass is 35.5. The molecule has 0 radical (unpaired) electrons. The van der Waals surface area contributed by atoms with Crippen molar-refractivity contribution >= 4 is 27.5 Å². The van der Waals surface area contributed by atoms with E-state index in [1.54, 1.807) is 0 Å². The first-order chi connectivity index (χ1) is 13.6. The van der Waals surface area contributed by atoms with E-state index in [1.165, 1.54) is 43.4 Å². The van der Waals surface area contributed by atoms with Gasteiger partial charge in [-0.15, -0.1) is 0 Å². The quantitative estimate of drug-likeness (QED) is 0.465. The summed E-state index contributed by atoms with van der Waals surface area (Å²) in [5, 5.41) is 14.6. The molecule has 29 heavy (non-hydrogen) atoms. The highest BCUT2D eigenvalue weighted by Gasteiger charge is 2.21. The van der Waals surface area contributed by atoms with Crippen LogP contribution in [0.1, 0.15) is 5.89 Å². The number of carbonyl (C=O) groups is 1. The number of benzene rings is 2. The fourth-order valence-electron chi connectivity index (χ4n) is 2.51. The number of hydroxylamine groups is 2. The van der Waals surface area contributed by atoms with Crippen molar-refractivity contribution in [2.75, 3.05) is 7.05 Å². The van der Waals surface area contributed by atoms with Crippen LogP contribution in [0.5, 0.6) is 0 Å². The van der Waals surface area contributed by atoms with Gasteiger partial charge in [0.2, 0.25) is 15.9 Å². The van der Waals surface area contributed by atoms with Crippen molar-refractivity contribution in [1.82, 2.24) is 10.0 Å². The maximum Gasteiger partial charge on any atom is 0.254 e. The molecular weight excluding hydrogens is 425 g/mol. The highest BCUT2D eigenvalue weighted by molar-refractivity contribution is 7.89. The number of nitrogens with zero attached hydrogens (tertiary/aromatic N) is 2. The molecule has 1 heterocycles. The summed E-state index contributed by atoms with van der Waals surface area (Å²) >= 11 is 5.86. The fourth-order valence-corrected chi connectivity index (χ4v) is 3.21. The van der Waals surface area contributed by atoms with Gasteiger partial charge in [0.25, 0.3) is 5.91 Å². The van der Waals surface area contributed by atoms with Gasteiger partial charge in [-0.3, -0.25) is 10.0 Å². The Balaban J connectivity index is 2.11. The lowest BCUT2D eigenvalue weighted by molar-refractivity contribution is -0.158. The van der Waals surface area contributed by atoms with Crippen LogP contribution in [0, 0.1) is 5.82 Å². The molecule has 0 bridgehead atoms. The van der Waals surface area contributed by atoms with Gasteiger partial charge in [-0.2, -0.15) is 0 Å². The van der Waals surface area contributed by atoms with Crippen molar-refractivity contribution in [3.8, 4) is 22.6 Å². The first-order valence-corrected chi connectivity index (χ1v) is 10.0. The molecule has 0 saturated carbocycles. The summed E-state index contributed by atoms with van der Waals surface area (Å²) in [5.41, 5.74) is 1.12. The second-order valence-corrected chi connectivity index (χ2v) is 8.05. The van der Waals surface area contributed by atoms with E-state index in [1.807, 2.05) is 0 Å². The van der Waals surface area contributed by atoms with Crippen LogP contribution in [0.15, 0.2) is 51.8 Å². The molecule has 3 aromatic rings. The van der Waals surface area contributed by atoms with Crippen LogP contribution >= 0.6 is 11.6 Å². The van der Waals surface area contributed by atoms with E-state index in [-0.39, 0.29) is 33.7 Å². The predicted molar refractivity (Wildman–Crippen MR) is 102 cm³/mol. The topological polar surface area (TPSA) is 127 Å². The molecule has 0 aliphatic heterocycles. The maximum absolute atomic E-state index is 13.5. The minimum atomic E-state index is -3.88. The Labute approximate surface area is 170 Å². The molecule has 0 aliphatic carbocycles. The average Bonchev–Trinajstić information content (AvgIpc) is 3.07. The molecule has 1 aromatic heterocycles. The molecule has 8 nitrogen and oxygen atoms in total. The number of oxazole rings is 1. The van der Waals surface area contributed by atoms with Crippen molar-refractivity contribution in [2.45, 2.75) is 11.3 Å². The van der Waals surface area contributed by atoms with Gasteiger partial charge in [-0.1, -0.05) is 11.6 Å². The molecule has 0 unspecified atom stereocenters. The minimum absolute atomic E-state index is 0.00290. The van der Waals surface area contributed by atoms with Crippen LogP contribution in [-0.2, 0) is 21.2 Å². The van der Waals surface area contributed by atoms with Gasteiger partial charge >= 0.3 is 0 Å². The number of rotatable bonds is 5. The number of hydrogen-bond donors (Lipinski definition) is 2. The Morgan fingerprint density at radius 3 is 2.41 bits per heavy atom. The standard InChI is InChI=1S/C18H15ClFN3O5S/c1-23(25)16(24)9-15-22-17(11-4-7-14(20)13(19)8-11)18(28-15)10-2-5-12(6-3-10)29(21,26)27/h2-8,25H,9H2,1H3,(H2,21,26,27). The fraction of sp³-hybridized carbons (Fsp3) is 0.111. The van der Waals surface area contributed by atoms with Crippen LogP contribution in [0.25, 0.3) is 22.6 Å². The molecule has 0 saturated heterocycles. The highest BCUT2D eigenvalue weighted by Crippen LogP contribution is 2.35. The summed E-state index contributed by atoms with van der Waals surface area (Å²) in [6.07, 6.45) is -0.329. The number of likely N-dealkylation sites (N-methyl/N-ethyl adjacent to an activating group) is 1. The van der Waals surface area contributed by atoms with Crippen LogP contribution in [-0.4, -0.2) is 36.6 Å². The van der Waals surface area contributed by atoms with Crippen LogP contribution in [0.4, 0.5) is 4.39 Å². The lowest BCUT2D eigenvalue weighted by atomic mass is 10.1. The van der Waals surface area contributed by atoms with E-state index in [2.05, 4.69) is 4.98 Å². The zero-order chi connectivity index (χ0) is 21.3. The van der Waals surface area contributed by atoms with Gasteiger partial charge in [0, 0.05) is 18.2 Å². The second kappa shape index (κ2) is 7.91. The summed E-state index contributed by atoms with van der Waals surface area (Å²) in [4.78, 5) is 16.0. The van der Waals surface area contributed by atoms with Gasteiger partial charge in [-0.25, -0.2) is 28.0 Å². The lowest BCUT2D eigenvalue weighted by Gasteiger charge is -2.05. The van der Waals surface area contributed by atoms with Crippen molar-refractivity contribution in [2.24, 2.45) is 5.14 Å². The van der Waals surface area contributed by atoms with E-state index in [4.69, 9.17) is 21.2 Å². The average molecular weight is 440 g/mol.